The highest BCUT2D eigenvalue weighted by Gasteiger charge is 2.24. The van der Waals surface area contributed by atoms with Gasteiger partial charge in [0.25, 0.3) is 11.6 Å². The molecule has 0 radical (unpaired) electrons. The zero-order valence-electron chi connectivity index (χ0n) is 18.4. The molecule has 0 bridgehead atoms. The normalized spacial score (nSPS) is 13.8. The number of ether oxygens (including phenoxy) is 1. The van der Waals surface area contributed by atoms with Crippen molar-refractivity contribution in [3.05, 3.63) is 88.5 Å². The third-order valence-electron chi connectivity index (χ3n) is 5.71. The molecule has 1 amide bonds. The second-order valence-corrected chi connectivity index (χ2v) is 7.81. The van der Waals surface area contributed by atoms with Gasteiger partial charge in [-0.2, -0.15) is 0 Å². The van der Waals surface area contributed by atoms with Crippen molar-refractivity contribution in [2.24, 2.45) is 0 Å². The number of hydrogen-bond donors (Lipinski definition) is 1. The van der Waals surface area contributed by atoms with Crippen LogP contribution in [0.1, 0.15) is 16.8 Å². The van der Waals surface area contributed by atoms with E-state index >= 15 is 0 Å². The summed E-state index contributed by atoms with van der Waals surface area (Å²) in [6.45, 7) is 2.66. The number of carbonyl (C=O) groups excluding carboxylic acids is 1. The fraction of sp³-hybridized carbons (Fsp3) is 0.240. The number of nitro groups is 1. The zero-order valence-corrected chi connectivity index (χ0v) is 18.4. The molecule has 8 nitrogen and oxygen atoms in total. The van der Waals surface area contributed by atoms with E-state index in [2.05, 4.69) is 10.2 Å². The van der Waals surface area contributed by atoms with E-state index in [0.29, 0.717) is 30.9 Å². The summed E-state index contributed by atoms with van der Waals surface area (Å²) in [6.07, 6.45) is 0.813. The summed E-state index contributed by atoms with van der Waals surface area (Å²) in [4.78, 5) is 28.4. The number of rotatable bonds is 6. The lowest BCUT2D eigenvalue weighted by molar-refractivity contribution is -0.383. The maximum absolute atomic E-state index is 13.2. The molecule has 1 heterocycles. The van der Waals surface area contributed by atoms with Crippen LogP contribution in [0.25, 0.3) is 0 Å². The summed E-state index contributed by atoms with van der Waals surface area (Å²) in [5, 5.41) is 14.7. The molecule has 1 fully saturated rings. The van der Waals surface area contributed by atoms with E-state index in [1.54, 1.807) is 24.1 Å². The number of nitro benzene ring substituents is 1. The van der Waals surface area contributed by atoms with Gasteiger partial charge < -0.3 is 19.9 Å². The Morgan fingerprint density at radius 1 is 0.970 bits per heavy atom. The predicted octanol–water partition coefficient (Wildman–Crippen LogP) is 4.70. The van der Waals surface area contributed by atoms with Crippen LogP contribution in [-0.4, -0.2) is 49.0 Å². The Morgan fingerprint density at radius 3 is 2.42 bits per heavy atom. The molecule has 170 valence electrons. The predicted molar refractivity (Wildman–Crippen MR) is 129 cm³/mol. The van der Waals surface area contributed by atoms with E-state index in [1.807, 2.05) is 54.6 Å². The number of carbonyl (C=O) groups is 1. The average Bonchev–Trinajstić information content (AvgIpc) is 3.11. The molecular formula is C25H26N4O4. The largest absolute Gasteiger partial charge is 0.497 e. The van der Waals surface area contributed by atoms with Gasteiger partial charge in [0, 0.05) is 49.2 Å². The fourth-order valence-electron chi connectivity index (χ4n) is 3.95. The summed E-state index contributed by atoms with van der Waals surface area (Å²) in [5.41, 5.74) is 2.37. The maximum atomic E-state index is 13.2. The van der Waals surface area contributed by atoms with E-state index < -0.39 is 4.92 Å². The lowest BCUT2D eigenvalue weighted by Gasteiger charge is -2.24. The molecule has 1 saturated heterocycles. The minimum atomic E-state index is -0.462. The molecule has 4 rings (SSSR count). The number of methoxy groups -OCH3 is 1. The Hall–Kier alpha value is -4.07. The summed E-state index contributed by atoms with van der Waals surface area (Å²) < 4.78 is 5.22. The molecule has 1 N–H and O–H groups in total. The molecule has 0 unspecified atom stereocenters. The molecule has 0 atom stereocenters. The van der Waals surface area contributed by atoms with Gasteiger partial charge in [-0.1, -0.05) is 18.2 Å². The molecule has 33 heavy (non-hydrogen) atoms. The topological polar surface area (TPSA) is 88.0 Å². The van der Waals surface area contributed by atoms with Gasteiger partial charge in [0.15, 0.2) is 0 Å². The van der Waals surface area contributed by atoms with Crippen LogP contribution in [-0.2, 0) is 0 Å². The third-order valence-corrected chi connectivity index (χ3v) is 5.71. The van der Waals surface area contributed by atoms with E-state index in [9.17, 15) is 14.9 Å². The van der Waals surface area contributed by atoms with Crippen LogP contribution in [0.5, 0.6) is 5.75 Å². The lowest BCUT2D eigenvalue weighted by atomic mass is 10.1. The Morgan fingerprint density at radius 2 is 1.73 bits per heavy atom. The number of nitrogens with zero attached hydrogens (tertiary/aromatic N) is 3. The van der Waals surface area contributed by atoms with Crippen molar-refractivity contribution in [3.63, 3.8) is 0 Å². The average molecular weight is 447 g/mol. The number of benzene rings is 3. The highest BCUT2D eigenvalue weighted by atomic mass is 16.6. The van der Waals surface area contributed by atoms with E-state index in [1.165, 1.54) is 6.07 Å². The van der Waals surface area contributed by atoms with Crippen LogP contribution >= 0.6 is 0 Å². The lowest BCUT2D eigenvalue weighted by Crippen LogP contribution is -2.35. The molecule has 1 aliphatic heterocycles. The zero-order chi connectivity index (χ0) is 23.2. The summed E-state index contributed by atoms with van der Waals surface area (Å²) in [7, 11) is 1.64. The molecule has 8 heteroatoms. The second kappa shape index (κ2) is 10.0. The van der Waals surface area contributed by atoms with Crippen molar-refractivity contribution in [2.45, 2.75) is 6.42 Å². The Balaban J connectivity index is 1.47. The molecular weight excluding hydrogens is 420 g/mol. The van der Waals surface area contributed by atoms with Gasteiger partial charge in [0.2, 0.25) is 0 Å². The van der Waals surface area contributed by atoms with E-state index in [-0.39, 0.29) is 11.6 Å². The van der Waals surface area contributed by atoms with Crippen LogP contribution in [0.3, 0.4) is 0 Å². The molecule has 0 aliphatic carbocycles. The van der Waals surface area contributed by atoms with Crippen LogP contribution in [0.4, 0.5) is 22.7 Å². The summed E-state index contributed by atoms with van der Waals surface area (Å²) >= 11 is 0. The fourth-order valence-corrected chi connectivity index (χ4v) is 3.95. The number of para-hydroxylation sites is 1. The first kappa shape index (κ1) is 22.1. The van der Waals surface area contributed by atoms with Gasteiger partial charge in [-0.15, -0.1) is 0 Å². The summed E-state index contributed by atoms with van der Waals surface area (Å²) in [6, 6.07) is 21.7. The van der Waals surface area contributed by atoms with Crippen LogP contribution in [0, 0.1) is 10.1 Å². The Bertz CT molecular complexity index is 1120. The number of amides is 1. The first-order valence-corrected chi connectivity index (χ1v) is 10.8. The van der Waals surface area contributed by atoms with E-state index in [0.717, 1.165) is 30.1 Å². The van der Waals surface area contributed by atoms with Gasteiger partial charge in [-0.25, -0.2) is 0 Å². The number of hydrogen-bond acceptors (Lipinski definition) is 6. The Kier molecular flexibility index (Phi) is 6.73. The van der Waals surface area contributed by atoms with Gasteiger partial charge in [-0.05, 0) is 55.0 Å². The molecule has 3 aromatic carbocycles. The van der Waals surface area contributed by atoms with Crippen molar-refractivity contribution < 1.29 is 14.5 Å². The van der Waals surface area contributed by atoms with Gasteiger partial charge >= 0.3 is 0 Å². The quantitative estimate of drug-likeness (QED) is 0.436. The second-order valence-electron chi connectivity index (χ2n) is 7.81. The van der Waals surface area contributed by atoms with Crippen LogP contribution < -0.4 is 15.0 Å². The van der Waals surface area contributed by atoms with Gasteiger partial charge in [0.05, 0.1) is 12.0 Å². The minimum absolute atomic E-state index is 0.126. The minimum Gasteiger partial charge on any atom is -0.497 e. The smallest absolute Gasteiger partial charge is 0.293 e. The first-order chi connectivity index (χ1) is 16.0. The number of nitrogens with one attached hydrogen (secondary N) is 1. The van der Waals surface area contributed by atoms with Crippen molar-refractivity contribution in [1.29, 1.82) is 0 Å². The monoisotopic (exact) mass is 446 g/mol. The molecule has 3 aromatic rings. The van der Waals surface area contributed by atoms with E-state index in [4.69, 9.17) is 4.74 Å². The molecule has 0 saturated carbocycles. The van der Waals surface area contributed by atoms with Crippen molar-refractivity contribution in [2.75, 3.05) is 43.5 Å². The van der Waals surface area contributed by atoms with Crippen molar-refractivity contribution in [1.82, 2.24) is 4.90 Å². The summed E-state index contributed by atoms with van der Waals surface area (Å²) in [5.74, 6) is 0.609. The molecule has 0 aromatic heterocycles. The third kappa shape index (κ3) is 5.23. The highest BCUT2D eigenvalue weighted by Crippen LogP contribution is 2.29. The first-order valence-electron chi connectivity index (χ1n) is 10.8. The van der Waals surface area contributed by atoms with Gasteiger partial charge in [0.1, 0.15) is 11.4 Å². The van der Waals surface area contributed by atoms with Crippen molar-refractivity contribution >= 4 is 28.7 Å². The standard InChI is InChI=1S/C25H26N4O4/c1-33-22-11-9-21(10-12-22)27-14-5-15-28(17-16-27)25(30)19-8-13-23(24(18-19)29(31)32)26-20-6-3-2-4-7-20/h2-4,6-13,18,26H,5,14-17H2,1H3. The molecule has 1 aliphatic rings. The van der Waals surface area contributed by atoms with Gasteiger partial charge in [-0.3, -0.25) is 14.9 Å². The SMILES string of the molecule is COc1ccc(N2CCCN(C(=O)c3ccc(Nc4ccccc4)c([N+](=O)[O-])c3)CC2)cc1. The van der Waals surface area contributed by atoms with Crippen LogP contribution in [0.2, 0.25) is 0 Å². The van der Waals surface area contributed by atoms with Crippen LogP contribution in [0.15, 0.2) is 72.8 Å². The number of anilines is 3. The molecule has 0 spiro atoms. The van der Waals surface area contributed by atoms with Crippen molar-refractivity contribution in [3.8, 4) is 5.75 Å². The Labute approximate surface area is 192 Å². The highest BCUT2D eigenvalue weighted by molar-refractivity contribution is 5.96. The maximum Gasteiger partial charge on any atom is 0.293 e.